The third kappa shape index (κ3) is 12.5. The molecule has 1 aromatic heterocycles. The summed E-state index contributed by atoms with van der Waals surface area (Å²) >= 11 is 0. The fourth-order valence-electron chi connectivity index (χ4n) is 4.42. The van der Waals surface area contributed by atoms with E-state index in [9.17, 15) is 4.79 Å². The van der Waals surface area contributed by atoms with Crippen molar-refractivity contribution in [1.82, 2.24) is 0 Å². The van der Waals surface area contributed by atoms with Crippen molar-refractivity contribution in [3.63, 3.8) is 0 Å². The van der Waals surface area contributed by atoms with Crippen LogP contribution in [0.5, 0.6) is 17.2 Å². The zero-order chi connectivity index (χ0) is 29.0. The SMILES string of the molecule is CCC=CCCOc1cccc2c(OCCCCCCCCCC)c(OC/C=C(\C)CCC=C(C)C)c(=O)oc12. The van der Waals surface area contributed by atoms with Crippen LogP contribution in [0, 0.1) is 0 Å². The van der Waals surface area contributed by atoms with Gasteiger partial charge in [0.2, 0.25) is 5.75 Å². The average molecular weight is 553 g/mol. The molecule has 0 atom stereocenters. The number of fused-ring (bicyclic) bond motifs is 1. The largest absolute Gasteiger partial charge is 0.489 e. The van der Waals surface area contributed by atoms with E-state index in [2.05, 4.69) is 52.8 Å². The minimum atomic E-state index is -0.545. The molecule has 0 saturated heterocycles. The van der Waals surface area contributed by atoms with Gasteiger partial charge in [-0.2, -0.15) is 0 Å². The Morgan fingerprint density at radius 1 is 0.800 bits per heavy atom. The number of hydrogen-bond donors (Lipinski definition) is 0. The maximum atomic E-state index is 13.1. The molecule has 0 aliphatic heterocycles. The maximum absolute atomic E-state index is 13.1. The topological polar surface area (TPSA) is 57.9 Å². The third-order valence-electron chi connectivity index (χ3n) is 6.75. The van der Waals surface area contributed by atoms with E-state index >= 15 is 0 Å². The molecule has 5 heteroatoms. The summed E-state index contributed by atoms with van der Waals surface area (Å²) in [7, 11) is 0. The van der Waals surface area contributed by atoms with E-state index < -0.39 is 5.63 Å². The minimum Gasteiger partial charge on any atom is -0.489 e. The summed E-state index contributed by atoms with van der Waals surface area (Å²) in [5, 5.41) is 0.694. The smallest absolute Gasteiger partial charge is 0.383 e. The van der Waals surface area contributed by atoms with Crippen LogP contribution in [0.25, 0.3) is 11.0 Å². The van der Waals surface area contributed by atoms with E-state index in [1.807, 2.05) is 24.3 Å². The van der Waals surface area contributed by atoms with Gasteiger partial charge in [0, 0.05) is 0 Å². The lowest BCUT2D eigenvalue weighted by molar-refractivity contribution is 0.268. The highest BCUT2D eigenvalue weighted by atomic mass is 16.5. The maximum Gasteiger partial charge on any atom is 0.383 e. The first kappa shape index (κ1) is 33.3. The molecule has 1 heterocycles. The summed E-state index contributed by atoms with van der Waals surface area (Å²) < 4.78 is 24.0. The van der Waals surface area contributed by atoms with Crippen LogP contribution in [0.4, 0.5) is 0 Å². The van der Waals surface area contributed by atoms with Crippen LogP contribution in [0.15, 0.2) is 62.9 Å². The van der Waals surface area contributed by atoms with Gasteiger partial charge < -0.3 is 18.6 Å². The second-order valence-electron chi connectivity index (χ2n) is 10.7. The van der Waals surface area contributed by atoms with Gasteiger partial charge in [-0.15, -0.1) is 0 Å². The Kier molecular flexibility index (Phi) is 16.6. The molecule has 0 amide bonds. The molecule has 0 fully saturated rings. The molecule has 0 bridgehead atoms. The molecule has 0 N–H and O–H groups in total. The summed E-state index contributed by atoms with van der Waals surface area (Å²) in [6.45, 7) is 12.0. The van der Waals surface area contributed by atoms with Crippen LogP contribution in [0.3, 0.4) is 0 Å². The molecule has 0 radical (unpaired) electrons. The fraction of sp³-hybridized carbons (Fsp3) is 0.571. The molecule has 2 rings (SSSR count). The molecule has 222 valence electrons. The fourth-order valence-corrected chi connectivity index (χ4v) is 4.42. The summed E-state index contributed by atoms with van der Waals surface area (Å²) in [5.74, 6) is 1.11. The molecule has 0 saturated carbocycles. The van der Waals surface area contributed by atoms with Gasteiger partial charge in [-0.05, 0) is 71.1 Å². The van der Waals surface area contributed by atoms with Crippen molar-refractivity contribution in [3.05, 3.63) is 64.1 Å². The zero-order valence-corrected chi connectivity index (χ0v) is 25.7. The lowest BCUT2D eigenvalue weighted by atomic mass is 10.1. The number of benzene rings is 1. The summed E-state index contributed by atoms with van der Waals surface area (Å²) in [6, 6.07) is 5.63. The van der Waals surface area contributed by atoms with Crippen molar-refractivity contribution in [1.29, 1.82) is 0 Å². The Morgan fingerprint density at radius 2 is 1.55 bits per heavy atom. The monoisotopic (exact) mass is 552 g/mol. The van der Waals surface area contributed by atoms with Crippen molar-refractivity contribution in [2.24, 2.45) is 0 Å². The number of ether oxygens (including phenoxy) is 3. The molecule has 0 unspecified atom stereocenters. The van der Waals surface area contributed by atoms with E-state index in [1.54, 1.807) is 0 Å². The predicted molar refractivity (Wildman–Crippen MR) is 168 cm³/mol. The van der Waals surface area contributed by atoms with Gasteiger partial charge in [0.25, 0.3) is 0 Å². The Balaban J connectivity index is 2.17. The molecule has 1 aromatic carbocycles. The van der Waals surface area contributed by atoms with E-state index in [4.69, 9.17) is 18.6 Å². The third-order valence-corrected chi connectivity index (χ3v) is 6.75. The summed E-state index contributed by atoms with van der Waals surface area (Å²) in [6.07, 6.45) is 21.9. The van der Waals surface area contributed by atoms with Gasteiger partial charge in [-0.3, -0.25) is 0 Å². The van der Waals surface area contributed by atoms with Crippen molar-refractivity contribution in [3.8, 4) is 17.2 Å². The van der Waals surface area contributed by atoms with Gasteiger partial charge in [0.15, 0.2) is 17.1 Å². The molecule has 40 heavy (non-hydrogen) atoms. The number of unbranched alkanes of at least 4 members (excludes halogenated alkanes) is 7. The van der Waals surface area contributed by atoms with Crippen LogP contribution >= 0.6 is 0 Å². The predicted octanol–water partition coefficient (Wildman–Crippen LogP) is 10.1. The highest BCUT2D eigenvalue weighted by Gasteiger charge is 2.20. The second kappa shape index (κ2) is 20.0. The van der Waals surface area contributed by atoms with Crippen LogP contribution in [0.2, 0.25) is 0 Å². The van der Waals surface area contributed by atoms with E-state index in [1.165, 1.54) is 49.7 Å². The van der Waals surface area contributed by atoms with Crippen LogP contribution in [-0.2, 0) is 0 Å². The molecule has 5 nitrogen and oxygen atoms in total. The Labute approximate surface area is 242 Å². The van der Waals surface area contributed by atoms with E-state index in [0.29, 0.717) is 35.7 Å². The Bertz CT molecular complexity index is 1130. The molecular formula is C35H52O5. The molecular weight excluding hydrogens is 500 g/mol. The molecule has 0 aliphatic rings. The van der Waals surface area contributed by atoms with Gasteiger partial charge in [0.05, 0.1) is 18.6 Å². The highest BCUT2D eigenvalue weighted by Crippen LogP contribution is 2.37. The number of allylic oxidation sites excluding steroid dienone is 4. The quantitative estimate of drug-likeness (QED) is 0.0876. The van der Waals surface area contributed by atoms with Gasteiger partial charge in [-0.25, -0.2) is 4.79 Å². The van der Waals surface area contributed by atoms with Crippen molar-refractivity contribution in [2.75, 3.05) is 19.8 Å². The van der Waals surface area contributed by atoms with Gasteiger partial charge in [0.1, 0.15) is 6.61 Å². The van der Waals surface area contributed by atoms with Gasteiger partial charge >= 0.3 is 5.63 Å². The standard InChI is InChI=1S/C35H52O5/c1-6-8-10-12-13-14-15-17-26-38-33-30-22-19-23-31(37-25-16-11-9-7-2)32(30)40-35(36)34(33)39-27-24-29(5)21-18-20-28(3)4/h9,11,19-20,22-24H,6-8,10,12-18,21,25-27H2,1-5H3/b11-9?,29-24+. The first-order valence-electron chi connectivity index (χ1n) is 15.4. The van der Waals surface area contributed by atoms with Crippen molar-refractivity contribution >= 4 is 11.0 Å². The molecule has 0 spiro atoms. The summed E-state index contributed by atoms with van der Waals surface area (Å²) in [4.78, 5) is 13.1. The minimum absolute atomic E-state index is 0.128. The van der Waals surface area contributed by atoms with E-state index in [-0.39, 0.29) is 12.4 Å². The number of hydrogen-bond acceptors (Lipinski definition) is 5. The van der Waals surface area contributed by atoms with Crippen LogP contribution < -0.4 is 19.8 Å². The lowest BCUT2D eigenvalue weighted by Gasteiger charge is -2.15. The highest BCUT2D eigenvalue weighted by molar-refractivity contribution is 5.89. The van der Waals surface area contributed by atoms with Crippen molar-refractivity contribution in [2.45, 2.75) is 112 Å². The Hall–Kier alpha value is -2.95. The van der Waals surface area contributed by atoms with Crippen molar-refractivity contribution < 1.29 is 18.6 Å². The number of rotatable bonds is 21. The van der Waals surface area contributed by atoms with Crippen LogP contribution in [0.1, 0.15) is 112 Å². The van der Waals surface area contributed by atoms with E-state index in [0.717, 1.165) is 38.5 Å². The first-order chi connectivity index (χ1) is 19.5. The molecule has 0 aliphatic carbocycles. The Morgan fingerprint density at radius 3 is 2.27 bits per heavy atom. The van der Waals surface area contributed by atoms with Crippen LogP contribution in [-0.4, -0.2) is 19.8 Å². The zero-order valence-electron chi connectivity index (χ0n) is 25.7. The van der Waals surface area contributed by atoms with Gasteiger partial charge in [-0.1, -0.05) is 94.2 Å². The molecule has 2 aromatic rings. The summed E-state index contributed by atoms with van der Waals surface area (Å²) in [5.41, 5.74) is 2.39. The average Bonchev–Trinajstić information content (AvgIpc) is 2.93. The number of para-hydroxylation sites is 1. The second-order valence-corrected chi connectivity index (χ2v) is 10.7. The first-order valence-corrected chi connectivity index (χ1v) is 15.4. The normalized spacial score (nSPS) is 11.8. The lowest BCUT2D eigenvalue weighted by Crippen LogP contribution is -2.12.